The molecule has 3 aliphatic carbocycles. The van der Waals surface area contributed by atoms with Crippen LogP contribution in [0.5, 0.6) is 0 Å². The van der Waals surface area contributed by atoms with E-state index in [4.69, 9.17) is 4.99 Å². The van der Waals surface area contributed by atoms with Gasteiger partial charge in [0, 0.05) is 48.8 Å². The maximum absolute atomic E-state index is 14.2. The number of likely N-dealkylation sites (tertiary alicyclic amines) is 1. The average molecular weight is 613 g/mol. The van der Waals surface area contributed by atoms with Crippen molar-refractivity contribution in [2.75, 3.05) is 19.6 Å². The van der Waals surface area contributed by atoms with E-state index >= 15 is 0 Å². The molecule has 1 N–H and O–H groups in total. The van der Waals surface area contributed by atoms with Gasteiger partial charge in [-0.25, -0.2) is 8.78 Å². The third-order valence-corrected chi connectivity index (χ3v) is 10.9. The number of carbonyl (C=O) groups is 1. The lowest BCUT2D eigenvalue weighted by molar-refractivity contribution is -0.116. The van der Waals surface area contributed by atoms with Gasteiger partial charge in [0.25, 0.3) is 11.8 Å². The number of carbonyl (C=O) groups excluding carboxylic acids is 1. The van der Waals surface area contributed by atoms with Gasteiger partial charge in [0.15, 0.2) is 0 Å². The monoisotopic (exact) mass is 612 g/mol. The van der Waals surface area contributed by atoms with E-state index < -0.39 is 5.92 Å². The molecule has 1 aromatic carbocycles. The Bertz CT molecular complexity index is 1520. The number of aromatic nitrogens is 1. The molecule has 2 saturated carbocycles. The van der Waals surface area contributed by atoms with E-state index in [1.54, 1.807) is 11.1 Å². The molecular weight excluding hydrogens is 566 g/mol. The van der Waals surface area contributed by atoms with Crippen molar-refractivity contribution in [2.45, 2.75) is 102 Å². The summed E-state index contributed by atoms with van der Waals surface area (Å²) in [5, 5.41) is 3.33. The highest BCUT2D eigenvalue weighted by Gasteiger charge is 2.42. The first kappa shape index (κ1) is 30.5. The Labute approximate surface area is 266 Å². The number of nitrogens with zero attached hydrogens (tertiary/aromatic N) is 3. The summed E-state index contributed by atoms with van der Waals surface area (Å²) >= 11 is 0. The van der Waals surface area contributed by atoms with Crippen LogP contribution >= 0.6 is 0 Å². The second kappa shape index (κ2) is 12.9. The number of benzene rings is 1. The molecule has 238 valence electrons. The average Bonchev–Trinajstić information content (AvgIpc) is 3.69. The molecule has 7 rings (SSSR count). The summed E-state index contributed by atoms with van der Waals surface area (Å²) < 4.78 is 27.6. The van der Waals surface area contributed by atoms with Crippen LogP contribution in [0.15, 0.2) is 59.4 Å². The van der Waals surface area contributed by atoms with Crippen LogP contribution in [0.1, 0.15) is 100 Å². The van der Waals surface area contributed by atoms with Crippen molar-refractivity contribution in [2.24, 2.45) is 16.8 Å². The summed E-state index contributed by atoms with van der Waals surface area (Å²) in [5.41, 5.74) is 8.39. The summed E-state index contributed by atoms with van der Waals surface area (Å²) in [6, 6.07) is 8.50. The first-order valence-electron chi connectivity index (χ1n) is 17.3. The van der Waals surface area contributed by atoms with Gasteiger partial charge in [-0.3, -0.25) is 19.7 Å². The van der Waals surface area contributed by atoms with Crippen molar-refractivity contribution in [1.82, 2.24) is 15.2 Å². The molecule has 1 aromatic heterocycles. The Morgan fingerprint density at radius 1 is 1.13 bits per heavy atom. The van der Waals surface area contributed by atoms with Crippen molar-refractivity contribution in [1.29, 1.82) is 0 Å². The molecule has 0 radical (unpaired) electrons. The van der Waals surface area contributed by atoms with E-state index in [0.29, 0.717) is 31.5 Å². The molecule has 3 atom stereocenters. The molecule has 0 bridgehead atoms. The molecule has 5 nitrogen and oxygen atoms in total. The van der Waals surface area contributed by atoms with Crippen molar-refractivity contribution in [3.05, 3.63) is 71.1 Å². The number of halogens is 2. The summed E-state index contributed by atoms with van der Waals surface area (Å²) in [6.07, 6.45) is 19.6. The van der Waals surface area contributed by atoms with E-state index in [2.05, 4.69) is 53.6 Å². The lowest BCUT2D eigenvalue weighted by atomic mass is 9.81. The first-order chi connectivity index (χ1) is 21.8. The predicted molar refractivity (Wildman–Crippen MR) is 176 cm³/mol. The third kappa shape index (κ3) is 6.98. The normalized spacial score (nSPS) is 25.9. The summed E-state index contributed by atoms with van der Waals surface area (Å²) in [7, 11) is 0. The Hall–Kier alpha value is -3.19. The van der Waals surface area contributed by atoms with Crippen molar-refractivity contribution in [3.8, 4) is 11.1 Å². The molecule has 1 saturated heterocycles. The maximum Gasteiger partial charge on any atom is 0.261 e. The van der Waals surface area contributed by atoms with Crippen LogP contribution in [0.3, 0.4) is 0 Å². The molecule has 7 heteroatoms. The minimum atomic E-state index is -2.61. The molecule has 45 heavy (non-hydrogen) atoms. The number of nitrogens with one attached hydrogen (secondary N) is 1. The smallest absolute Gasteiger partial charge is 0.261 e. The molecule has 2 aliphatic heterocycles. The summed E-state index contributed by atoms with van der Waals surface area (Å²) in [5.74, 6) is -0.514. The lowest BCUT2D eigenvalue weighted by Gasteiger charge is -2.25. The third-order valence-electron chi connectivity index (χ3n) is 10.9. The number of rotatable bonds is 10. The summed E-state index contributed by atoms with van der Waals surface area (Å²) in [6.45, 7) is 3.40. The number of amides is 1. The fourth-order valence-corrected chi connectivity index (χ4v) is 7.87. The Morgan fingerprint density at radius 3 is 2.76 bits per heavy atom. The standard InChI is InChI=1S/C38H46F2N4O/c1-2-27-9-10-29-19-34(29)33-14-11-28(30-17-26(20-41-21-30)23-44-16-15-38(39,40)24-44)18-35(33)36(27)37(45)43-32-13-12-31(42-22-32)8-4-7-25-5-3-6-25/h11-14,17-18,20-21,25,29,32,34H,2-10,15-16,19,22-24H2,1H3,(H,43,45). The highest BCUT2D eigenvalue weighted by Crippen LogP contribution is 2.54. The number of fused-ring (bicyclic) bond motifs is 3. The van der Waals surface area contributed by atoms with E-state index in [-0.39, 0.29) is 24.9 Å². The van der Waals surface area contributed by atoms with Crippen LogP contribution in [0.2, 0.25) is 0 Å². The van der Waals surface area contributed by atoms with Gasteiger partial charge < -0.3 is 5.32 Å². The van der Waals surface area contributed by atoms with Gasteiger partial charge >= 0.3 is 0 Å². The zero-order valence-electron chi connectivity index (χ0n) is 26.5. The van der Waals surface area contributed by atoms with E-state index in [1.807, 2.05) is 6.20 Å². The van der Waals surface area contributed by atoms with E-state index in [9.17, 15) is 13.6 Å². The van der Waals surface area contributed by atoms with Crippen LogP contribution in [0, 0.1) is 11.8 Å². The van der Waals surface area contributed by atoms with Gasteiger partial charge in [-0.1, -0.05) is 56.4 Å². The van der Waals surface area contributed by atoms with Gasteiger partial charge in [-0.05, 0) is 96.7 Å². The number of alkyl halides is 2. The highest BCUT2D eigenvalue weighted by molar-refractivity contribution is 6.21. The van der Waals surface area contributed by atoms with Crippen molar-refractivity contribution < 1.29 is 13.6 Å². The number of hydrogen-bond donors (Lipinski definition) is 1. The van der Waals surface area contributed by atoms with Crippen LogP contribution < -0.4 is 5.32 Å². The van der Waals surface area contributed by atoms with E-state index in [1.165, 1.54) is 49.7 Å². The van der Waals surface area contributed by atoms with Gasteiger partial charge in [0.1, 0.15) is 0 Å². The molecule has 5 aliphatic rings. The van der Waals surface area contributed by atoms with Gasteiger partial charge in [-0.15, -0.1) is 0 Å². The molecule has 2 aromatic rings. The van der Waals surface area contributed by atoms with Crippen LogP contribution in [-0.2, 0) is 11.3 Å². The fraction of sp³-hybridized carbons (Fsp3) is 0.553. The fourth-order valence-electron chi connectivity index (χ4n) is 7.87. The predicted octanol–water partition coefficient (Wildman–Crippen LogP) is 8.12. The zero-order chi connectivity index (χ0) is 31.0. The second-order valence-electron chi connectivity index (χ2n) is 14.1. The minimum Gasteiger partial charge on any atom is -0.344 e. The topological polar surface area (TPSA) is 57.6 Å². The molecule has 1 amide bonds. The largest absolute Gasteiger partial charge is 0.344 e. The SMILES string of the molecule is CCC1=C(C(=O)NC2C=CC(CCCC3CCC3)=NC2)c2cc(-c3cncc(CN4CCC(F)(F)C4)c3)ccc2C2CC2CC1. The molecule has 3 unspecified atom stereocenters. The maximum atomic E-state index is 14.2. The Kier molecular flexibility index (Phi) is 8.73. The Morgan fingerprint density at radius 2 is 2.02 bits per heavy atom. The minimum absolute atomic E-state index is 0.00975. The quantitative estimate of drug-likeness (QED) is 0.295. The zero-order valence-corrected chi connectivity index (χ0v) is 26.5. The molecule has 3 heterocycles. The molecule has 0 spiro atoms. The number of pyridine rings is 1. The highest BCUT2D eigenvalue weighted by atomic mass is 19.3. The number of allylic oxidation sites excluding steroid dienone is 2. The van der Waals surface area contributed by atoms with Crippen LogP contribution in [0.25, 0.3) is 16.7 Å². The van der Waals surface area contributed by atoms with Crippen molar-refractivity contribution >= 4 is 17.2 Å². The number of aliphatic imine (C=N–C) groups is 1. The van der Waals surface area contributed by atoms with Crippen LogP contribution in [-0.4, -0.2) is 53.1 Å². The first-order valence-corrected chi connectivity index (χ1v) is 17.3. The van der Waals surface area contributed by atoms with Gasteiger partial charge in [0.2, 0.25) is 0 Å². The molecule has 3 fully saturated rings. The summed E-state index contributed by atoms with van der Waals surface area (Å²) in [4.78, 5) is 25.3. The Balaban J connectivity index is 1.10. The lowest BCUT2D eigenvalue weighted by Crippen LogP contribution is -2.38. The van der Waals surface area contributed by atoms with E-state index in [0.717, 1.165) is 65.1 Å². The van der Waals surface area contributed by atoms with Crippen molar-refractivity contribution in [3.63, 3.8) is 0 Å². The van der Waals surface area contributed by atoms with Crippen LogP contribution in [0.4, 0.5) is 8.78 Å². The van der Waals surface area contributed by atoms with Gasteiger partial charge in [0.05, 0.1) is 19.1 Å². The number of dihydropyridines is 1. The second-order valence-corrected chi connectivity index (χ2v) is 14.1. The molecular formula is C38H46F2N4O. The van der Waals surface area contributed by atoms with Gasteiger partial charge in [-0.2, -0.15) is 0 Å². The number of hydrogen-bond acceptors (Lipinski definition) is 4.